The number of benzene rings is 1. The number of nitrogens with one attached hydrogen (secondary N) is 2. The van der Waals surface area contributed by atoms with E-state index in [0.29, 0.717) is 83.2 Å². The van der Waals surface area contributed by atoms with Crippen LogP contribution in [0.2, 0.25) is 0 Å². The minimum absolute atomic E-state index is 0.0332. The first kappa shape index (κ1) is 63.0. The van der Waals surface area contributed by atoms with Crippen LogP contribution in [0.4, 0.5) is 5.69 Å². The van der Waals surface area contributed by atoms with Gasteiger partial charge in [0, 0.05) is 81.2 Å². The van der Waals surface area contributed by atoms with Gasteiger partial charge < -0.3 is 54.2 Å². The molecule has 0 aromatic heterocycles. The van der Waals surface area contributed by atoms with E-state index in [2.05, 4.69) is 67.5 Å². The standard InChI is InChI=1S/C61H98ClN3O12/c1-13-35-65(36-32-62)46-23-21-45(22-24-46)18-17-19-52(67)63-33-34-64-57(70)47(14-2)49-25-20-38(5)55(74-49)42(9)53(68)41(8)54(69)48(15-3)56-39(6)37-40(7)60(75-56)29-27-51(73-44(11)66)61(77-60)31-30-58(12,76-61)50-26-28-59(71,16-4)43(10)72-50/h21-24,27,29,38-43,47-51,53,55-56,68,71H,13-20,25-26,28,30-37H2,1-12H3,(H,63,67)(H,64,70)/t38-,39?,40?,41-,42?,43?,47?,48-,49+,50+,51+,53?,55+,56-,58-,59+,60-,61-/m0/s1. The molecule has 18 atom stereocenters. The molecule has 6 unspecified atom stereocenters. The van der Waals surface area contributed by atoms with Gasteiger partial charge in [0.25, 0.3) is 0 Å². The van der Waals surface area contributed by atoms with Gasteiger partial charge >= 0.3 is 5.97 Å². The highest BCUT2D eigenvalue weighted by molar-refractivity contribution is 6.18. The summed E-state index contributed by atoms with van der Waals surface area (Å²) < 4.78 is 40.5. The van der Waals surface area contributed by atoms with Gasteiger partial charge in [-0.05, 0) is 133 Å². The molecule has 16 heteroatoms. The quantitative estimate of drug-likeness (QED) is 0.0314. The molecular formula is C61H98ClN3O12. The highest BCUT2D eigenvalue weighted by atomic mass is 35.5. The molecule has 436 valence electrons. The summed E-state index contributed by atoms with van der Waals surface area (Å²) in [5.74, 6) is -5.14. The molecule has 4 fully saturated rings. The number of ether oxygens (including phenoxy) is 6. The van der Waals surface area contributed by atoms with Gasteiger partial charge in [0.1, 0.15) is 5.78 Å². The third-order valence-electron chi connectivity index (χ3n) is 18.5. The van der Waals surface area contributed by atoms with Crippen LogP contribution in [-0.4, -0.2) is 131 Å². The number of aryl methyl sites for hydroxylation is 1. The molecule has 2 spiro atoms. The Hall–Kier alpha value is -3.15. The molecular weight excluding hydrogens is 1000 g/mol. The molecule has 0 aliphatic carbocycles. The number of hydrogen-bond donors (Lipinski definition) is 4. The lowest BCUT2D eigenvalue weighted by molar-refractivity contribution is -0.409. The molecule has 5 aliphatic heterocycles. The fraction of sp³-hybridized carbons (Fsp3) is 0.803. The maximum Gasteiger partial charge on any atom is 0.303 e. The lowest BCUT2D eigenvalue weighted by Crippen LogP contribution is -2.63. The fourth-order valence-corrected chi connectivity index (χ4v) is 13.7. The first-order chi connectivity index (χ1) is 36.5. The third-order valence-corrected chi connectivity index (χ3v) is 18.7. The Bertz CT molecular complexity index is 2130. The van der Waals surface area contributed by atoms with E-state index in [1.807, 2.05) is 53.7 Å². The Morgan fingerprint density at radius 3 is 2.21 bits per heavy atom. The van der Waals surface area contributed by atoms with Crippen molar-refractivity contribution in [1.29, 1.82) is 0 Å². The fourth-order valence-electron chi connectivity index (χ4n) is 13.5. The van der Waals surface area contributed by atoms with Crippen LogP contribution < -0.4 is 15.5 Å². The first-order valence-electron chi connectivity index (χ1n) is 29.7. The summed E-state index contributed by atoms with van der Waals surface area (Å²) in [5.41, 5.74) is 0.608. The Morgan fingerprint density at radius 2 is 1.57 bits per heavy atom. The van der Waals surface area contributed by atoms with Crippen LogP contribution in [-0.2, 0) is 54.0 Å². The predicted molar refractivity (Wildman–Crippen MR) is 299 cm³/mol. The summed E-state index contributed by atoms with van der Waals surface area (Å²) in [6.45, 7) is 25.8. The number of esters is 1. The normalized spacial score (nSPS) is 35.2. The number of nitrogens with zero attached hydrogens (tertiary/aromatic N) is 1. The minimum atomic E-state index is -1.40. The van der Waals surface area contributed by atoms with E-state index in [-0.39, 0.29) is 47.6 Å². The van der Waals surface area contributed by atoms with Crippen LogP contribution in [0.25, 0.3) is 0 Å². The SMILES string of the molecule is CCCN(CCCl)c1ccc(CCCC(=O)NCCNC(=O)C(CC)[C@H]2CC[C@H](C)[C@H](C(C)C(O)[C@H](C)C(=O)[C@H](CC)[C@H]3O[C@]4(C=C[C@@H](OC(C)=O)[C@]5(CC[C@@](C)([C@H]6CC[C@](O)(CC)C(C)O6)O5)O4)C(C)CC3C)O2)cc1. The van der Waals surface area contributed by atoms with Crippen LogP contribution in [0.3, 0.4) is 0 Å². The minimum Gasteiger partial charge on any atom is -0.453 e. The molecule has 0 bridgehead atoms. The Morgan fingerprint density at radius 1 is 0.870 bits per heavy atom. The molecule has 1 aromatic carbocycles. The van der Waals surface area contributed by atoms with Crippen molar-refractivity contribution in [2.75, 3.05) is 37.0 Å². The Labute approximate surface area is 466 Å². The predicted octanol–water partition coefficient (Wildman–Crippen LogP) is 9.38. The van der Waals surface area contributed by atoms with E-state index < -0.39 is 82.9 Å². The number of carbonyl (C=O) groups is 4. The zero-order valence-corrected chi connectivity index (χ0v) is 49.5. The van der Waals surface area contributed by atoms with E-state index in [0.717, 1.165) is 44.5 Å². The number of amides is 2. The number of halogens is 1. The van der Waals surface area contributed by atoms with E-state index in [9.17, 15) is 29.4 Å². The molecule has 0 saturated carbocycles. The van der Waals surface area contributed by atoms with Crippen LogP contribution in [0.5, 0.6) is 0 Å². The maximum absolute atomic E-state index is 14.9. The average Bonchev–Trinajstić information content (AvgIpc) is 3.80. The lowest BCUT2D eigenvalue weighted by atomic mass is 9.72. The summed E-state index contributed by atoms with van der Waals surface area (Å²) in [6.07, 6.45) is 8.58. The van der Waals surface area contributed by atoms with Crippen molar-refractivity contribution >= 4 is 40.9 Å². The van der Waals surface area contributed by atoms with Gasteiger partial charge in [-0.1, -0.05) is 74.4 Å². The number of aliphatic hydroxyl groups is 2. The highest BCUT2D eigenvalue weighted by Gasteiger charge is 2.64. The molecule has 5 aliphatic rings. The molecule has 15 nitrogen and oxygen atoms in total. The number of anilines is 1. The second-order valence-electron chi connectivity index (χ2n) is 24.0. The van der Waals surface area contributed by atoms with Gasteiger partial charge in [-0.3, -0.25) is 19.2 Å². The highest BCUT2D eigenvalue weighted by Crippen LogP contribution is 2.55. The van der Waals surface area contributed by atoms with Crippen molar-refractivity contribution in [3.8, 4) is 0 Å². The molecule has 0 radical (unpaired) electrons. The smallest absolute Gasteiger partial charge is 0.303 e. The summed E-state index contributed by atoms with van der Waals surface area (Å²) in [7, 11) is 0. The number of aliphatic hydroxyl groups excluding tert-OH is 1. The number of rotatable bonds is 25. The first-order valence-corrected chi connectivity index (χ1v) is 30.2. The summed E-state index contributed by atoms with van der Waals surface area (Å²) in [6, 6.07) is 8.49. The van der Waals surface area contributed by atoms with E-state index in [4.69, 9.17) is 40.0 Å². The molecule has 1 aromatic rings. The van der Waals surface area contributed by atoms with Crippen molar-refractivity contribution in [2.24, 2.45) is 41.4 Å². The molecule has 4 saturated heterocycles. The third kappa shape index (κ3) is 14.7. The van der Waals surface area contributed by atoms with E-state index in [1.54, 1.807) is 6.92 Å². The van der Waals surface area contributed by atoms with Gasteiger partial charge in [0.2, 0.25) is 17.6 Å². The number of ketones is 1. The van der Waals surface area contributed by atoms with Crippen molar-refractivity contribution in [3.63, 3.8) is 0 Å². The van der Waals surface area contributed by atoms with Gasteiger partial charge in [-0.2, -0.15) is 0 Å². The van der Waals surface area contributed by atoms with E-state index in [1.165, 1.54) is 12.5 Å². The van der Waals surface area contributed by atoms with Crippen molar-refractivity contribution in [2.45, 2.75) is 238 Å². The van der Waals surface area contributed by atoms with Crippen LogP contribution in [0.1, 0.15) is 172 Å². The Kier molecular flexibility index (Phi) is 22.5. The molecule has 2 amide bonds. The number of carbonyl (C=O) groups excluding carboxylic acids is 4. The zero-order valence-electron chi connectivity index (χ0n) is 48.8. The molecule has 77 heavy (non-hydrogen) atoms. The number of alkyl halides is 1. The maximum atomic E-state index is 14.9. The van der Waals surface area contributed by atoms with E-state index >= 15 is 0 Å². The Balaban J connectivity index is 1.03. The summed E-state index contributed by atoms with van der Waals surface area (Å²) >= 11 is 6.01. The summed E-state index contributed by atoms with van der Waals surface area (Å²) in [4.78, 5) is 56.1. The zero-order chi connectivity index (χ0) is 56.5. The average molecular weight is 1100 g/mol. The van der Waals surface area contributed by atoms with Gasteiger partial charge in [-0.25, -0.2) is 0 Å². The molecule has 5 heterocycles. The van der Waals surface area contributed by atoms with Crippen LogP contribution in [0, 0.1) is 41.4 Å². The largest absolute Gasteiger partial charge is 0.453 e. The second-order valence-corrected chi connectivity index (χ2v) is 24.4. The van der Waals surface area contributed by atoms with Gasteiger partial charge in [0.15, 0.2) is 11.9 Å². The van der Waals surface area contributed by atoms with Crippen molar-refractivity contribution in [3.05, 3.63) is 42.0 Å². The lowest BCUT2D eigenvalue weighted by Gasteiger charge is -2.54. The van der Waals surface area contributed by atoms with Crippen LogP contribution >= 0.6 is 11.6 Å². The molecule has 6 rings (SSSR count). The number of hydrogen-bond acceptors (Lipinski definition) is 13. The van der Waals surface area contributed by atoms with Crippen LogP contribution in [0.15, 0.2) is 36.4 Å². The number of Topliss-reactive ketones (excluding diaryl/α,β-unsaturated/α-hetero) is 1. The monoisotopic (exact) mass is 1100 g/mol. The summed E-state index contributed by atoms with van der Waals surface area (Å²) in [5, 5.41) is 29.3. The molecule has 4 N–H and O–H groups in total. The second kappa shape index (κ2) is 27.5. The van der Waals surface area contributed by atoms with Crippen molar-refractivity contribution in [1.82, 2.24) is 10.6 Å². The topological polar surface area (TPSA) is 191 Å². The van der Waals surface area contributed by atoms with Gasteiger partial charge in [-0.15, -0.1) is 11.6 Å². The van der Waals surface area contributed by atoms with Crippen molar-refractivity contribution < 1.29 is 57.8 Å². The van der Waals surface area contributed by atoms with Gasteiger partial charge in [0.05, 0.1) is 53.7 Å².